The Morgan fingerprint density at radius 2 is 2.75 bits per heavy atom. The van der Waals surface area contributed by atoms with Crippen LogP contribution < -0.4 is 10.3 Å². The van der Waals surface area contributed by atoms with E-state index in [1.54, 1.807) is 7.05 Å². The van der Waals surface area contributed by atoms with E-state index in [2.05, 4.69) is 15.2 Å². The van der Waals surface area contributed by atoms with Gasteiger partial charge in [-0.25, -0.2) is 0 Å². The topological polar surface area (TPSA) is 47.3 Å². The van der Waals surface area contributed by atoms with Gasteiger partial charge in [0.05, 0.1) is 0 Å². The summed E-state index contributed by atoms with van der Waals surface area (Å²) in [5, 5.41) is 3.40. The molecule has 0 fully saturated rings. The van der Waals surface area contributed by atoms with E-state index in [4.69, 9.17) is 4.84 Å². The molecular weight excluding hydrogens is 108 g/mol. The van der Waals surface area contributed by atoms with E-state index in [-0.39, 0.29) is 0 Å². The lowest BCUT2D eigenvalue weighted by atomic mass is 10.7. The van der Waals surface area contributed by atoms with Crippen molar-refractivity contribution in [3.63, 3.8) is 0 Å². The van der Waals surface area contributed by atoms with Gasteiger partial charge in [-0.15, -0.1) is 0 Å². The molecule has 0 bridgehead atoms. The number of hydroxylamine groups is 1. The molecule has 0 saturated heterocycles. The fourth-order valence-corrected chi connectivity index (χ4v) is 0.363. The fraction of sp³-hybridized carbons (Fsp3) is 0.250. The van der Waals surface area contributed by atoms with E-state index in [1.807, 2.05) is 0 Å². The van der Waals surface area contributed by atoms with Gasteiger partial charge < -0.3 is 9.36 Å². The second-order valence-electron chi connectivity index (χ2n) is 1.17. The number of hydrogen-bond donors (Lipinski definition) is 1. The van der Waals surface area contributed by atoms with Crippen molar-refractivity contribution in [3.8, 4) is 5.75 Å². The molecule has 0 aromatic carbocycles. The molecule has 0 aliphatic carbocycles. The van der Waals surface area contributed by atoms with Gasteiger partial charge in [-0.1, -0.05) is 5.16 Å². The molecule has 0 atom stereocenters. The molecule has 1 N–H and O–H groups in total. The Morgan fingerprint density at radius 3 is 3.25 bits per heavy atom. The Kier molecular flexibility index (Phi) is 1.48. The van der Waals surface area contributed by atoms with Crippen LogP contribution in [0.2, 0.25) is 0 Å². The molecule has 0 saturated carbocycles. The van der Waals surface area contributed by atoms with Gasteiger partial charge >= 0.3 is 0 Å². The molecule has 0 aliphatic heterocycles. The molecule has 0 unspecified atom stereocenters. The van der Waals surface area contributed by atoms with E-state index in [9.17, 15) is 0 Å². The first kappa shape index (κ1) is 5.11. The van der Waals surface area contributed by atoms with Crippen LogP contribution >= 0.6 is 0 Å². The van der Waals surface area contributed by atoms with E-state index in [0.717, 1.165) is 0 Å². The van der Waals surface area contributed by atoms with Crippen LogP contribution in [0.1, 0.15) is 0 Å². The second-order valence-corrected chi connectivity index (χ2v) is 1.17. The van der Waals surface area contributed by atoms with Crippen molar-refractivity contribution in [1.82, 2.24) is 10.6 Å². The van der Waals surface area contributed by atoms with Gasteiger partial charge in [0, 0.05) is 7.05 Å². The lowest BCUT2D eigenvalue weighted by Gasteiger charge is -1.92. The zero-order valence-electron chi connectivity index (χ0n) is 4.42. The summed E-state index contributed by atoms with van der Waals surface area (Å²) in [5.74, 6) is 0.576. The van der Waals surface area contributed by atoms with Crippen molar-refractivity contribution in [2.45, 2.75) is 0 Å². The molecule has 1 heterocycles. The molecule has 44 valence electrons. The summed E-state index contributed by atoms with van der Waals surface area (Å²) in [4.78, 5) is 4.74. The predicted molar refractivity (Wildman–Crippen MR) is 26.2 cm³/mol. The monoisotopic (exact) mass is 114 g/mol. The summed E-state index contributed by atoms with van der Waals surface area (Å²) < 4.78 is 4.45. The zero-order valence-corrected chi connectivity index (χ0v) is 4.42. The van der Waals surface area contributed by atoms with Crippen molar-refractivity contribution in [3.05, 3.63) is 12.5 Å². The first-order valence-electron chi connectivity index (χ1n) is 2.16. The van der Waals surface area contributed by atoms with Gasteiger partial charge in [-0.05, 0) is 0 Å². The summed E-state index contributed by atoms with van der Waals surface area (Å²) in [6.45, 7) is 0. The molecule has 0 radical (unpaired) electrons. The molecule has 4 nitrogen and oxygen atoms in total. The number of hydrogen-bond acceptors (Lipinski definition) is 4. The predicted octanol–water partition coefficient (Wildman–Crippen LogP) is 0.188. The highest BCUT2D eigenvalue weighted by atomic mass is 16.7. The highest BCUT2D eigenvalue weighted by molar-refractivity contribution is 5.06. The van der Waals surface area contributed by atoms with Crippen LogP contribution in [-0.4, -0.2) is 12.2 Å². The van der Waals surface area contributed by atoms with Crippen LogP contribution in [0, 0.1) is 0 Å². The number of rotatable bonds is 2. The Morgan fingerprint density at radius 1 is 1.88 bits per heavy atom. The van der Waals surface area contributed by atoms with Gasteiger partial charge in [0.15, 0.2) is 6.26 Å². The van der Waals surface area contributed by atoms with Crippen molar-refractivity contribution >= 4 is 0 Å². The van der Waals surface area contributed by atoms with Gasteiger partial charge in [-0.2, -0.15) is 5.48 Å². The molecule has 8 heavy (non-hydrogen) atoms. The second kappa shape index (κ2) is 2.32. The minimum absolute atomic E-state index is 0.576. The Bertz CT molecular complexity index is 138. The molecule has 0 amide bonds. The highest BCUT2D eigenvalue weighted by Gasteiger charge is 1.90. The fourth-order valence-electron chi connectivity index (χ4n) is 0.363. The lowest BCUT2D eigenvalue weighted by Crippen LogP contribution is -2.09. The summed E-state index contributed by atoms with van der Waals surface area (Å²) in [7, 11) is 1.66. The van der Waals surface area contributed by atoms with Crippen LogP contribution in [0.4, 0.5) is 0 Å². The van der Waals surface area contributed by atoms with Crippen LogP contribution in [0.3, 0.4) is 0 Å². The average molecular weight is 114 g/mol. The van der Waals surface area contributed by atoms with Crippen LogP contribution in [0.5, 0.6) is 5.75 Å². The van der Waals surface area contributed by atoms with E-state index in [0.29, 0.717) is 5.75 Å². The van der Waals surface area contributed by atoms with Crippen molar-refractivity contribution in [1.29, 1.82) is 0 Å². The average Bonchev–Trinajstić information content (AvgIpc) is 2.19. The molecule has 4 heteroatoms. The third-order valence-electron chi connectivity index (χ3n) is 0.630. The zero-order chi connectivity index (χ0) is 5.82. The summed E-state index contributed by atoms with van der Waals surface area (Å²) in [6, 6.07) is 0. The maximum Gasteiger partial charge on any atom is 0.206 e. The third kappa shape index (κ3) is 0.974. The third-order valence-corrected chi connectivity index (χ3v) is 0.630. The maximum absolute atomic E-state index is 4.74. The minimum Gasteiger partial charge on any atom is -0.404 e. The van der Waals surface area contributed by atoms with Gasteiger partial charge in [0.25, 0.3) is 0 Å². The molecular formula is C4H6N2O2. The number of nitrogens with zero attached hydrogens (tertiary/aromatic N) is 1. The van der Waals surface area contributed by atoms with Crippen LogP contribution in [0.25, 0.3) is 0 Å². The molecule has 0 aliphatic rings. The quantitative estimate of drug-likeness (QED) is 0.557. The van der Waals surface area contributed by atoms with Crippen molar-refractivity contribution in [2.75, 3.05) is 7.05 Å². The SMILES string of the molecule is CNOc1cnoc1. The van der Waals surface area contributed by atoms with Gasteiger partial charge in [-0.3, -0.25) is 0 Å². The number of nitrogens with one attached hydrogen (secondary N) is 1. The molecule has 1 rings (SSSR count). The molecule has 1 aromatic rings. The van der Waals surface area contributed by atoms with Crippen LogP contribution in [0.15, 0.2) is 17.0 Å². The standard InChI is InChI=1S/C4H6N2O2/c1-5-8-4-2-6-7-3-4/h2-3,5H,1H3. The normalized spacial score (nSPS) is 9.12. The van der Waals surface area contributed by atoms with E-state index in [1.165, 1.54) is 12.5 Å². The first-order chi connectivity index (χ1) is 3.93. The van der Waals surface area contributed by atoms with E-state index >= 15 is 0 Å². The largest absolute Gasteiger partial charge is 0.404 e. The van der Waals surface area contributed by atoms with E-state index < -0.39 is 0 Å². The maximum atomic E-state index is 4.74. The van der Waals surface area contributed by atoms with Gasteiger partial charge in [0.1, 0.15) is 6.20 Å². The first-order valence-corrected chi connectivity index (χ1v) is 2.16. The summed E-state index contributed by atoms with van der Waals surface area (Å²) in [6.07, 6.45) is 2.87. The Balaban J connectivity index is 2.50. The minimum atomic E-state index is 0.576. The Labute approximate surface area is 46.4 Å². The van der Waals surface area contributed by atoms with Gasteiger partial charge in [0.2, 0.25) is 5.75 Å². The number of aromatic nitrogens is 1. The van der Waals surface area contributed by atoms with Crippen LogP contribution in [-0.2, 0) is 0 Å². The molecule has 0 spiro atoms. The molecule has 1 aromatic heterocycles. The lowest BCUT2D eigenvalue weighted by molar-refractivity contribution is 0.221. The Hall–Kier alpha value is -1.03. The summed E-state index contributed by atoms with van der Waals surface area (Å²) in [5.41, 5.74) is 2.47. The highest BCUT2D eigenvalue weighted by Crippen LogP contribution is 2.03. The van der Waals surface area contributed by atoms with Crippen molar-refractivity contribution < 1.29 is 9.36 Å². The van der Waals surface area contributed by atoms with Crippen molar-refractivity contribution in [2.24, 2.45) is 0 Å². The summed E-state index contributed by atoms with van der Waals surface area (Å²) >= 11 is 0. The smallest absolute Gasteiger partial charge is 0.206 e.